The van der Waals surface area contributed by atoms with E-state index in [1.807, 2.05) is 20.8 Å². The molecular weight excluding hydrogens is 211 g/mol. The molecule has 0 nitrogen and oxygen atoms in total. The van der Waals surface area contributed by atoms with Crippen molar-refractivity contribution in [3.8, 4) is 0 Å². The summed E-state index contributed by atoms with van der Waals surface area (Å²) in [6.07, 6.45) is 9.24. The van der Waals surface area contributed by atoms with Crippen LogP contribution in [0.25, 0.3) is 0 Å². The molecule has 4 saturated carbocycles. The van der Waals surface area contributed by atoms with E-state index in [4.69, 9.17) is 0 Å². The zero-order chi connectivity index (χ0) is 12.3. The second-order valence-corrected chi connectivity index (χ2v) is 8.03. The Labute approximate surface area is 105 Å². The van der Waals surface area contributed by atoms with Gasteiger partial charge in [0, 0.05) is 0 Å². The summed E-state index contributed by atoms with van der Waals surface area (Å²) >= 11 is 0. The van der Waals surface area contributed by atoms with Crippen LogP contribution in [-0.2, 0) is 0 Å². The van der Waals surface area contributed by atoms with Crippen molar-refractivity contribution in [3.63, 3.8) is 0 Å². The highest BCUT2D eigenvalue weighted by Gasteiger charge is 2.53. The summed E-state index contributed by atoms with van der Waals surface area (Å²) in [5.74, 6) is 3.01. The van der Waals surface area contributed by atoms with E-state index in [0.29, 0.717) is 5.41 Å². The van der Waals surface area contributed by atoms with Crippen molar-refractivity contribution in [2.24, 2.45) is 29.1 Å². The lowest BCUT2D eigenvalue weighted by Crippen LogP contribution is -2.49. The first-order chi connectivity index (χ1) is 7.89. The summed E-state index contributed by atoms with van der Waals surface area (Å²) in [7, 11) is 0. The minimum atomic E-state index is -0.953. The molecule has 0 aromatic heterocycles. The highest BCUT2D eigenvalue weighted by molar-refractivity contribution is 5.03. The smallest absolute Gasteiger partial charge is 0.111 e. The monoisotopic (exact) mass is 238 g/mol. The van der Waals surface area contributed by atoms with E-state index in [9.17, 15) is 4.39 Å². The third-order valence-electron chi connectivity index (χ3n) is 6.09. The standard InChI is InChI=1S/C16H27F/c1-11(2)15(3,17)10-16-7-12-4-13(8-16)6-14(5-12)9-16/h11-14H,4-10H2,1-3H3. The molecule has 0 aromatic carbocycles. The molecule has 1 atom stereocenters. The van der Waals surface area contributed by atoms with Crippen LogP contribution in [0.4, 0.5) is 4.39 Å². The number of hydrogen-bond donors (Lipinski definition) is 0. The van der Waals surface area contributed by atoms with E-state index >= 15 is 0 Å². The van der Waals surface area contributed by atoms with Gasteiger partial charge in [0.15, 0.2) is 0 Å². The first kappa shape index (κ1) is 12.0. The molecule has 0 radical (unpaired) electrons. The molecule has 4 bridgehead atoms. The molecule has 0 aliphatic heterocycles. The van der Waals surface area contributed by atoms with E-state index in [2.05, 4.69) is 0 Å². The van der Waals surface area contributed by atoms with E-state index < -0.39 is 5.67 Å². The summed E-state index contributed by atoms with van der Waals surface area (Å²) < 4.78 is 14.7. The van der Waals surface area contributed by atoms with Crippen LogP contribution in [-0.4, -0.2) is 5.67 Å². The minimum Gasteiger partial charge on any atom is -0.244 e. The van der Waals surface area contributed by atoms with Gasteiger partial charge in [-0.25, -0.2) is 4.39 Å². The Hall–Kier alpha value is -0.0700. The molecule has 4 rings (SSSR count). The first-order valence-corrected chi connectivity index (χ1v) is 7.57. The van der Waals surface area contributed by atoms with Crippen molar-refractivity contribution >= 4 is 0 Å². The second-order valence-electron chi connectivity index (χ2n) is 8.03. The van der Waals surface area contributed by atoms with Gasteiger partial charge in [-0.2, -0.15) is 0 Å². The Balaban J connectivity index is 1.78. The van der Waals surface area contributed by atoms with Crippen LogP contribution in [0.15, 0.2) is 0 Å². The van der Waals surface area contributed by atoms with Gasteiger partial charge in [0.05, 0.1) is 0 Å². The SMILES string of the molecule is CC(C)C(C)(F)CC12CC3CC(CC(C3)C1)C2. The molecule has 0 aromatic rings. The lowest BCUT2D eigenvalue weighted by atomic mass is 9.47. The fraction of sp³-hybridized carbons (Fsp3) is 1.00. The summed E-state index contributed by atoms with van der Waals surface area (Å²) in [6.45, 7) is 5.93. The van der Waals surface area contributed by atoms with E-state index in [1.165, 1.54) is 38.5 Å². The Morgan fingerprint density at radius 2 is 1.47 bits per heavy atom. The molecule has 0 saturated heterocycles. The molecule has 0 spiro atoms. The maximum absolute atomic E-state index is 14.7. The molecule has 0 N–H and O–H groups in total. The number of halogens is 1. The Bertz CT molecular complexity index is 267. The molecular formula is C16H27F. The highest BCUT2D eigenvalue weighted by atomic mass is 19.1. The predicted molar refractivity (Wildman–Crippen MR) is 69.6 cm³/mol. The van der Waals surface area contributed by atoms with Gasteiger partial charge in [-0.05, 0) is 81.0 Å². The third-order valence-corrected chi connectivity index (χ3v) is 6.09. The molecule has 0 amide bonds. The molecule has 4 aliphatic rings. The minimum absolute atomic E-state index is 0.163. The fourth-order valence-corrected chi connectivity index (χ4v) is 5.44. The van der Waals surface area contributed by atoms with Crippen molar-refractivity contribution in [1.29, 1.82) is 0 Å². The molecule has 17 heavy (non-hydrogen) atoms. The third kappa shape index (κ3) is 2.04. The van der Waals surface area contributed by atoms with Crippen molar-refractivity contribution in [2.75, 3.05) is 0 Å². The summed E-state index contributed by atoms with van der Waals surface area (Å²) in [4.78, 5) is 0. The highest BCUT2D eigenvalue weighted by Crippen LogP contribution is 2.62. The van der Waals surface area contributed by atoms with Crippen LogP contribution in [0.2, 0.25) is 0 Å². The Morgan fingerprint density at radius 3 is 1.82 bits per heavy atom. The van der Waals surface area contributed by atoms with Gasteiger partial charge >= 0.3 is 0 Å². The predicted octanol–water partition coefficient (Wildman–Crippen LogP) is 4.98. The maximum Gasteiger partial charge on any atom is 0.111 e. The van der Waals surface area contributed by atoms with Gasteiger partial charge in [-0.3, -0.25) is 0 Å². The van der Waals surface area contributed by atoms with Gasteiger partial charge in [0.1, 0.15) is 5.67 Å². The van der Waals surface area contributed by atoms with Crippen molar-refractivity contribution < 1.29 is 4.39 Å². The lowest BCUT2D eigenvalue weighted by Gasteiger charge is -2.58. The van der Waals surface area contributed by atoms with Gasteiger partial charge in [0.25, 0.3) is 0 Å². The molecule has 0 heterocycles. The molecule has 1 heteroatoms. The lowest BCUT2D eigenvalue weighted by molar-refractivity contribution is -0.0883. The van der Waals surface area contributed by atoms with Crippen LogP contribution in [0, 0.1) is 29.1 Å². The van der Waals surface area contributed by atoms with Gasteiger partial charge in [-0.15, -0.1) is 0 Å². The van der Waals surface area contributed by atoms with Crippen LogP contribution in [0.1, 0.15) is 65.7 Å². The van der Waals surface area contributed by atoms with Crippen molar-refractivity contribution in [3.05, 3.63) is 0 Å². The number of alkyl halides is 1. The van der Waals surface area contributed by atoms with Crippen molar-refractivity contribution in [1.82, 2.24) is 0 Å². The summed E-state index contributed by atoms with van der Waals surface area (Å²) in [6, 6.07) is 0. The zero-order valence-electron chi connectivity index (χ0n) is 11.6. The fourth-order valence-electron chi connectivity index (χ4n) is 5.44. The quantitative estimate of drug-likeness (QED) is 0.650. The van der Waals surface area contributed by atoms with E-state index in [0.717, 1.165) is 24.2 Å². The molecule has 4 aliphatic carbocycles. The average Bonchev–Trinajstić information content (AvgIpc) is 2.12. The van der Waals surface area contributed by atoms with Crippen LogP contribution in [0.5, 0.6) is 0 Å². The largest absolute Gasteiger partial charge is 0.244 e. The first-order valence-electron chi connectivity index (χ1n) is 7.57. The van der Waals surface area contributed by atoms with Crippen molar-refractivity contribution in [2.45, 2.75) is 71.4 Å². The van der Waals surface area contributed by atoms with Gasteiger partial charge in [0.2, 0.25) is 0 Å². The maximum atomic E-state index is 14.7. The van der Waals surface area contributed by atoms with Crippen LogP contribution < -0.4 is 0 Å². The van der Waals surface area contributed by atoms with E-state index in [-0.39, 0.29) is 5.92 Å². The summed E-state index contributed by atoms with van der Waals surface area (Å²) in [5, 5.41) is 0. The topological polar surface area (TPSA) is 0 Å². The number of hydrogen-bond acceptors (Lipinski definition) is 0. The van der Waals surface area contributed by atoms with Gasteiger partial charge in [-0.1, -0.05) is 13.8 Å². The van der Waals surface area contributed by atoms with Gasteiger partial charge < -0.3 is 0 Å². The van der Waals surface area contributed by atoms with Crippen LogP contribution in [0.3, 0.4) is 0 Å². The zero-order valence-corrected chi connectivity index (χ0v) is 11.6. The Morgan fingerprint density at radius 1 is 1.06 bits per heavy atom. The Kier molecular flexibility index (Phi) is 2.62. The molecule has 4 fully saturated rings. The molecule has 98 valence electrons. The normalized spacial score (nSPS) is 47.5. The van der Waals surface area contributed by atoms with Crippen LogP contribution >= 0.6 is 0 Å². The number of rotatable bonds is 3. The second kappa shape index (κ2) is 3.71. The van der Waals surface area contributed by atoms with E-state index in [1.54, 1.807) is 0 Å². The average molecular weight is 238 g/mol. The summed E-state index contributed by atoms with van der Waals surface area (Å²) in [5.41, 5.74) is -0.561. The molecule has 1 unspecified atom stereocenters.